The SMILES string of the molecule is Cc1cc(N)ccc1C(=O)OCCC(C)C. The van der Waals surface area contributed by atoms with E-state index in [1.807, 2.05) is 6.92 Å². The summed E-state index contributed by atoms with van der Waals surface area (Å²) >= 11 is 0. The first kappa shape index (κ1) is 12.6. The van der Waals surface area contributed by atoms with E-state index in [1.54, 1.807) is 18.2 Å². The van der Waals surface area contributed by atoms with Gasteiger partial charge in [0.15, 0.2) is 0 Å². The molecule has 0 aromatic heterocycles. The number of ether oxygens (including phenoxy) is 1. The number of hydrogen-bond donors (Lipinski definition) is 1. The van der Waals surface area contributed by atoms with Crippen molar-refractivity contribution >= 4 is 11.7 Å². The molecule has 0 aliphatic heterocycles. The largest absolute Gasteiger partial charge is 0.462 e. The third kappa shape index (κ3) is 3.57. The van der Waals surface area contributed by atoms with Gasteiger partial charge in [-0.3, -0.25) is 0 Å². The highest BCUT2D eigenvalue weighted by Crippen LogP contribution is 2.14. The molecule has 0 fully saturated rings. The molecule has 0 bridgehead atoms. The van der Waals surface area contributed by atoms with Gasteiger partial charge in [-0.05, 0) is 43.0 Å². The highest BCUT2D eigenvalue weighted by atomic mass is 16.5. The van der Waals surface area contributed by atoms with Crippen LogP contribution in [0, 0.1) is 12.8 Å². The molecule has 0 saturated carbocycles. The molecule has 0 heterocycles. The number of anilines is 1. The van der Waals surface area contributed by atoms with E-state index in [4.69, 9.17) is 10.5 Å². The second-order valence-electron chi connectivity index (χ2n) is 4.39. The number of esters is 1. The first-order valence-corrected chi connectivity index (χ1v) is 5.54. The Morgan fingerprint density at radius 2 is 2.12 bits per heavy atom. The summed E-state index contributed by atoms with van der Waals surface area (Å²) in [4.78, 5) is 11.7. The van der Waals surface area contributed by atoms with Gasteiger partial charge in [0, 0.05) is 5.69 Å². The second kappa shape index (κ2) is 5.54. The highest BCUT2D eigenvalue weighted by molar-refractivity contribution is 5.91. The van der Waals surface area contributed by atoms with Crippen LogP contribution in [0.2, 0.25) is 0 Å². The summed E-state index contributed by atoms with van der Waals surface area (Å²) in [6.45, 7) is 6.53. The van der Waals surface area contributed by atoms with Crippen LogP contribution in [0.15, 0.2) is 18.2 Å². The van der Waals surface area contributed by atoms with Crippen molar-refractivity contribution in [3.63, 3.8) is 0 Å². The molecule has 0 spiro atoms. The minimum atomic E-state index is -0.266. The number of nitrogen functional groups attached to an aromatic ring is 1. The predicted octanol–water partition coefficient (Wildman–Crippen LogP) is 2.78. The smallest absolute Gasteiger partial charge is 0.338 e. The van der Waals surface area contributed by atoms with E-state index >= 15 is 0 Å². The van der Waals surface area contributed by atoms with Crippen molar-refractivity contribution in [2.75, 3.05) is 12.3 Å². The molecule has 0 aliphatic rings. The summed E-state index contributed by atoms with van der Waals surface area (Å²) in [5.41, 5.74) is 7.73. The zero-order valence-electron chi connectivity index (χ0n) is 10.1. The summed E-state index contributed by atoms with van der Waals surface area (Å²) in [5, 5.41) is 0. The maximum Gasteiger partial charge on any atom is 0.338 e. The van der Waals surface area contributed by atoms with Gasteiger partial charge in [-0.15, -0.1) is 0 Å². The quantitative estimate of drug-likeness (QED) is 0.628. The summed E-state index contributed by atoms with van der Waals surface area (Å²) in [7, 11) is 0. The molecule has 88 valence electrons. The average Bonchev–Trinajstić information content (AvgIpc) is 2.16. The summed E-state index contributed by atoms with van der Waals surface area (Å²) < 4.78 is 5.18. The van der Waals surface area contributed by atoms with Gasteiger partial charge < -0.3 is 10.5 Å². The Morgan fingerprint density at radius 3 is 2.69 bits per heavy atom. The van der Waals surface area contributed by atoms with Crippen LogP contribution < -0.4 is 5.73 Å². The van der Waals surface area contributed by atoms with Gasteiger partial charge in [0.2, 0.25) is 0 Å². The summed E-state index contributed by atoms with van der Waals surface area (Å²) in [5.74, 6) is 0.276. The number of carbonyl (C=O) groups is 1. The number of carbonyl (C=O) groups excluding carboxylic acids is 1. The molecule has 3 heteroatoms. The molecule has 0 aliphatic carbocycles. The fraction of sp³-hybridized carbons (Fsp3) is 0.462. The van der Waals surface area contributed by atoms with Crippen molar-refractivity contribution in [1.29, 1.82) is 0 Å². The molecule has 0 saturated heterocycles. The Kier molecular flexibility index (Phi) is 4.35. The van der Waals surface area contributed by atoms with E-state index in [0.717, 1.165) is 12.0 Å². The number of hydrogen-bond acceptors (Lipinski definition) is 3. The van der Waals surface area contributed by atoms with E-state index in [9.17, 15) is 4.79 Å². The monoisotopic (exact) mass is 221 g/mol. The predicted molar refractivity (Wildman–Crippen MR) is 65.3 cm³/mol. The van der Waals surface area contributed by atoms with Gasteiger partial charge in [-0.1, -0.05) is 13.8 Å². The third-order valence-electron chi connectivity index (χ3n) is 2.40. The van der Waals surface area contributed by atoms with Crippen molar-refractivity contribution in [3.05, 3.63) is 29.3 Å². The molecular formula is C13H19NO2. The molecule has 1 aromatic rings. The van der Waals surface area contributed by atoms with Crippen LogP contribution >= 0.6 is 0 Å². The minimum Gasteiger partial charge on any atom is -0.462 e. The lowest BCUT2D eigenvalue weighted by Gasteiger charge is -2.08. The number of benzene rings is 1. The van der Waals surface area contributed by atoms with Crippen molar-refractivity contribution in [2.45, 2.75) is 27.2 Å². The van der Waals surface area contributed by atoms with Crippen molar-refractivity contribution in [3.8, 4) is 0 Å². The Hall–Kier alpha value is -1.51. The highest BCUT2D eigenvalue weighted by Gasteiger charge is 2.10. The van der Waals surface area contributed by atoms with Crippen LogP contribution in [0.25, 0.3) is 0 Å². The minimum absolute atomic E-state index is 0.266. The molecule has 0 amide bonds. The molecule has 1 aromatic carbocycles. The molecular weight excluding hydrogens is 202 g/mol. The molecule has 0 atom stereocenters. The fourth-order valence-corrected chi connectivity index (χ4v) is 1.38. The van der Waals surface area contributed by atoms with E-state index in [1.165, 1.54) is 0 Å². The normalized spacial score (nSPS) is 10.5. The van der Waals surface area contributed by atoms with Gasteiger partial charge in [-0.2, -0.15) is 0 Å². The van der Waals surface area contributed by atoms with Crippen LogP contribution in [0.4, 0.5) is 5.69 Å². The Morgan fingerprint density at radius 1 is 1.44 bits per heavy atom. The number of rotatable bonds is 4. The van der Waals surface area contributed by atoms with Crippen molar-refractivity contribution in [2.24, 2.45) is 5.92 Å². The third-order valence-corrected chi connectivity index (χ3v) is 2.40. The fourth-order valence-electron chi connectivity index (χ4n) is 1.38. The lowest BCUT2D eigenvalue weighted by atomic mass is 10.1. The van der Waals surface area contributed by atoms with E-state index in [-0.39, 0.29) is 5.97 Å². The van der Waals surface area contributed by atoms with Crippen LogP contribution in [0.3, 0.4) is 0 Å². The number of aryl methyl sites for hydroxylation is 1. The van der Waals surface area contributed by atoms with Gasteiger partial charge in [-0.25, -0.2) is 4.79 Å². The average molecular weight is 221 g/mol. The molecule has 3 nitrogen and oxygen atoms in total. The summed E-state index contributed by atoms with van der Waals surface area (Å²) in [6.07, 6.45) is 0.889. The van der Waals surface area contributed by atoms with Crippen molar-refractivity contribution in [1.82, 2.24) is 0 Å². The Balaban J connectivity index is 2.59. The zero-order valence-corrected chi connectivity index (χ0v) is 10.1. The standard InChI is InChI=1S/C13H19NO2/c1-9(2)6-7-16-13(15)12-5-4-11(14)8-10(12)3/h4-5,8-9H,6-7,14H2,1-3H3. The molecule has 16 heavy (non-hydrogen) atoms. The van der Waals surface area contributed by atoms with E-state index < -0.39 is 0 Å². The first-order valence-electron chi connectivity index (χ1n) is 5.54. The molecule has 1 rings (SSSR count). The summed E-state index contributed by atoms with van der Waals surface area (Å²) in [6, 6.07) is 5.20. The van der Waals surface area contributed by atoms with Crippen LogP contribution in [-0.4, -0.2) is 12.6 Å². The van der Waals surface area contributed by atoms with E-state index in [0.29, 0.717) is 23.8 Å². The number of nitrogens with two attached hydrogens (primary N) is 1. The molecule has 0 unspecified atom stereocenters. The van der Waals surface area contributed by atoms with E-state index in [2.05, 4.69) is 13.8 Å². The second-order valence-corrected chi connectivity index (χ2v) is 4.39. The topological polar surface area (TPSA) is 52.3 Å². The molecule has 2 N–H and O–H groups in total. The maximum absolute atomic E-state index is 11.7. The van der Waals surface area contributed by atoms with Crippen molar-refractivity contribution < 1.29 is 9.53 Å². The van der Waals surface area contributed by atoms with Gasteiger partial charge in [0.05, 0.1) is 12.2 Å². The van der Waals surface area contributed by atoms with Crippen LogP contribution in [0.1, 0.15) is 36.2 Å². The molecule has 0 radical (unpaired) electrons. The maximum atomic E-state index is 11.7. The Bertz CT molecular complexity index is 372. The first-order chi connectivity index (χ1) is 7.50. The van der Waals surface area contributed by atoms with Crippen LogP contribution in [0.5, 0.6) is 0 Å². The van der Waals surface area contributed by atoms with Gasteiger partial charge >= 0.3 is 5.97 Å². The van der Waals surface area contributed by atoms with Gasteiger partial charge in [0.25, 0.3) is 0 Å². The van der Waals surface area contributed by atoms with Crippen LogP contribution in [-0.2, 0) is 4.74 Å². The Labute approximate surface area is 96.6 Å². The van der Waals surface area contributed by atoms with Gasteiger partial charge in [0.1, 0.15) is 0 Å². The lowest BCUT2D eigenvalue weighted by Crippen LogP contribution is -2.09. The zero-order chi connectivity index (χ0) is 12.1. The lowest BCUT2D eigenvalue weighted by molar-refractivity contribution is 0.0487.